The fraction of sp³-hybridized carbons (Fsp3) is 0.727. The van der Waals surface area contributed by atoms with Crippen LogP contribution < -0.4 is 10.4 Å². The Bertz CT molecular complexity index is 601. The van der Waals surface area contributed by atoms with Gasteiger partial charge in [0.1, 0.15) is 0 Å². The lowest BCUT2D eigenvalue weighted by molar-refractivity contribution is 0.00578. The molecule has 2 saturated heterocycles. The Labute approximate surface area is 167 Å². The summed E-state index contributed by atoms with van der Waals surface area (Å²) in [4.78, 5) is 5.03. The summed E-state index contributed by atoms with van der Waals surface area (Å²) in [7, 11) is -0.291. The van der Waals surface area contributed by atoms with Gasteiger partial charge in [-0.2, -0.15) is 0 Å². The topological polar surface area (TPSA) is 24.9 Å². The van der Waals surface area contributed by atoms with Crippen molar-refractivity contribution in [3.63, 3.8) is 0 Å². The third-order valence-corrected chi connectivity index (χ3v) is 5.99. The molecule has 0 saturated carbocycles. The Morgan fingerprint density at radius 3 is 1.89 bits per heavy atom. The first-order valence-corrected chi connectivity index (χ1v) is 10.5. The first-order valence-electron chi connectivity index (χ1n) is 10.5. The van der Waals surface area contributed by atoms with Gasteiger partial charge in [0.25, 0.3) is 0 Å². The van der Waals surface area contributed by atoms with E-state index < -0.39 is 0 Å². The van der Waals surface area contributed by atoms with Gasteiger partial charge >= 0.3 is 7.12 Å². The van der Waals surface area contributed by atoms with E-state index >= 15 is 0 Å². The molecular weight excluding hydrogens is 335 g/mol. The largest absolute Gasteiger partial charge is 0.494 e. The molecule has 2 aliphatic heterocycles. The maximum Gasteiger partial charge on any atom is 0.494 e. The molecule has 2 aliphatic rings. The van der Waals surface area contributed by atoms with E-state index in [4.69, 9.17) is 9.31 Å². The molecule has 27 heavy (non-hydrogen) atoms. The van der Waals surface area contributed by atoms with E-state index in [1.807, 2.05) is 13.8 Å². The monoisotopic (exact) mass is 374 g/mol. The first-order chi connectivity index (χ1) is 12.5. The second-order valence-electron chi connectivity index (χ2n) is 9.33. The lowest BCUT2D eigenvalue weighted by atomic mass is 9.79. The highest BCUT2D eigenvalue weighted by Gasteiger charge is 2.51. The average Bonchev–Trinajstić information content (AvgIpc) is 2.84. The number of nitrogens with zero attached hydrogens (tertiary/aromatic N) is 2. The normalized spacial score (nSPS) is 22.4. The number of benzene rings is 1. The Morgan fingerprint density at radius 1 is 0.889 bits per heavy atom. The second kappa shape index (κ2) is 8.14. The Balaban J connectivity index is 0.00000126. The van der Waals surface area contributed by atoms with E-state index in [0.717, 1.165) is 31.6 Å². The lowest BCUT2D eigenvalue weighted by Gasteiger charge is -2.43. The Hall–Kier alpha value is -1.04. The highest BCUT2D eigenvalue weighted by molar-refractivity contribution is 6.62. The molecule has 152 valence electrons. The van der Waals surface area contributed by atoms with E-state index in [0.29, 0.717) is 0 Å². The quantitative estimate of drug-likeness (QED) is 0.733. The summed E-state index contributed by atoms with van der Waals surface area (Å²) >= 11 is 0. The molecule has 0 unspecified atom stereocenters. The fourth-order valence-electron chi connectivity index (χ4n) is 3.48. The SMILES string of the molecule is CC.CC(C)(C)N1CCN(c2cccc(B3OC(C)(C)C(C)(C)O3)c2)CC1. The van der Waals surface area contributed by atoms with Crippen LogP contribution in [0.5, 0.6) is 0 Å². The van der Waals surface area contributed by atoms with Crippen LogP contribution in [-0.2, 0) is 9.31 Å². The Morgan fingerprint density at radius 2 is 1.41 bits per heavy atom. The van der Waals surface area contributed by atoms with Crippen LogP contribution >= 0.6 is 0 Å². The van der Waals surface area contributed by atoms with Gasteiger partial charge in [-0.05, 0) is 66.1 Å². The zero-order valence-corrected chi connectivity index (χ0v) is 18.9. The predicted molar refractivity (Wildman–Crippen MR) is 117 cm³/mol. The van der Waals surface area contributed by atoms with Crippen LogP contribution in [0.2, 0.25) is 0 Å². The van der Waals surface area contributed by atoms with Crippen LogP contribution in [0.1, 0.15) is 62.3 Å². The molecule has 2 fully saturated rings. The van der Waals surface area contributed by atoms with Gasteiger partial charge in [-0.3, -0.25) is 4.90 Å². The zero-order chi connectivity index (χ0) is 20.5. The highest BCUT2D eigenvalue weighted by Crippen LogP contribution is 2.36. The van der Waals surface area contributed by atoms with E-state index in [2.05, 4.69) is 82.5 Å². The summed E-state index contributed by atoms with van der Waals surface area (Å²) in [6.45, 7) is 23.6. The van der Waals surface area contributed by atoms with Crippen LogP contribution in [0.25, 0.3) is 0 Å². The van der Waals surface area contributed by atoms with Crippen molar-refractivity contribution in [3.8, 4) is 0 Å². The second-order valence-corrected chi connectivity index (χ2v) is 9.33. The molecule has 5 heteroatoms. The first kappa shape index (κ1) is 22.3. The van der Waals surface area contributed by atoms with E-state index in [-0.39, 0.29) is 23.9 Å². The minimum atomic E-state index is -0.300. The number of rotatable bonds is 2. The number of piperazine rings is 1. The van der Waals surface area contributed by atoms with Crippen LogP contribution in [0.4, 0.5) is 5.69 Å². The highest BCUT2D eigenvalue weighted by atomic mass is 16.7. The smallest absolute Gasteiger partial charge is 0.399 e. The molecule has 0 aromatic heterocycles. The van der Waals surface area contributed by atoms with Gasteiger partial charge in [0.2, 0.25) is 0 Å². The summed E-state index contributed by atoms with van der Waals surface area (Å²) in [5.74, 6) is 0. The van der Waals surface area contributed by atoms with Gasteiger partial charge in [0.15, 0.2) is 0 Å². The van der Waals surface area contributed by atoms with Crippen molar-refractivity contribution in [1.29, 1.82) is 0 Å². The van der Waals surface area contributed by atoms with E-state index in [1.165, 1.54) is 5.69 Å². The van der Waals surface area contributed by atoms with Crippen molar-refractivity contribution >= 4 is 18.3 Å². The van der Waals surface area contributed by atoms with Gasteiger partial charge in [-0.25, -0.2) is 0 Å². The van der Waals surface area contributed by atoms with Gasteiger partial charge in [0.05, 0.1) is 11.2 Å². The minimum Gasteiger partial charge on any atom is -0.399 e. The molecule has 2 heterocycles. The zero-order valence-electron chi connectivity index (χ0n) is 18.9. The predicted octanol–water partition coefficient (Wildman–Crippen LogP) is 3.93. The van der Waals surface area contributed by atoms with Crippen LogP contribution in [0.3, 0.4) is 0 Å². The molecule has 1 aromatic carbocycles. The van der Waals surface area contributed by atoms with Crippen LogP contribution in [-0.4, -0.2) is 54.9 Å². The molecule has 0 aliphatic carbocycles. The van der Waals surface area contributed by atoms with Crippen LogP contribution in [0, 0.1) is 0 Å². The van der Waals surface area contributed by atoms with E-state index in [9.17, 15) is 0 Å². The summed E-state index contributed by atoms with van der Waals surface area (Å²) in [5.41, 5.74) is 2.02. The molecule has 0 spiro atoms. The summed E-state index contributed by atoms with van der Waals surface area (Å²) in [6, 6.07) is 8.65. The molecule has 0 amide bonds. The Kier molecular flexibility index (Phi) is 6.71. The van der Waals surface area contributed by atoms with Crippen molar-refractivity contribution in [2.24, 2.45) is 0 Å². The summed E-state index contributed by atoms with van der Waals surface area (Å²) in [5, 5.41) is 0. The molecule has 4 nitrogen and oxygen atoms in total. The lowest BCUT2D eigenvalue weighted by Crippen LogP contribution is -2.53. The number of hydrogen-bond donors (Lipinski definition) is 0. The average molecular weight is 374 g/mol. The molecule has 0 bridgehead atoms. The number of hydrogen-bond acceptors (Lipinski definition) is 4. The van der Waals surface area contributed by atoms with Crippen molar-refractivity contribution in [2.75, 3.05) is 31.1 Å². The van der Waals surface area contributed by atoms with Gasteiger partial charge in [0, 0.05) is 37.4 Å². The summed E-state index contributed by atoms with van der Waals surface area (Å²) in [6.07, 6.45) is 0. The third kappa shape index (κ3) is 4.88. The van der Waals surface area contributed by atoms with Gasteiger partial charge < -0.3 is 14.2 Å². The minimum absolute atomic E-state index is 0.247. The van der Waals surface area contributed by atoms with Gasteiger partial charge in [-0.15, -0.1) is 0 Å². The van der Waals surface area contributed by atoms with Crippen molar-refractivity contribution in [2.45, 2.75) is 79.1 Å². The molecule has 0 N–H and O–H groups in total. The fourth-order valence-corrected chi connectivity index (χ4v) is 3.48. The summed E-state index contributed by atoms with van der Waals surface area (Å²) < 4.78 is 12.4. The molecular formula is C22H39BN2O2. The van der Waals surface area contributed by atoms with Crippen molar-refractivity contribution in [3.05, 3.63) is 24.3 Å². The van der Waals surface area contributed by atoms with Crippen LogP contribution in [0.15, 0.2) is 24.3 Å². The standard InChI is InChI=1S/C20H33BN2O2.C2H6/c1-18(2,3)23-13-11-22(12-14-23)17-10-8-9-16(15-17)21-24-19(4,5)20(6,7)25-21;1-2/h8-10,15H,11-14H2,1-7H3;1-2H3. The molecule has 0 atom stereocenters. The molecule has 3 rings (SSSR count). The van der Waals surface area contributed by atoms with Crippen molar-refractivity contribution in [1.82, 2.24) is 4.90 Å². The van der Waals surface area contributed by atoms with E-state index in [1.54, 1.807) is 0 Å². The maximum atomic E-state index is 6.21. The molecule has 0 radical (unpaired) electrons. The number of anilines is 1. The van der Waals surface area contributed by atoms with Gasteiger partial charge in [-0.1, -0.05) is 26.0 Å². The molecule has 1 aromatic rings. The third-order valence-electron chi connectivity index (χ3n) is 5.99. The maximum absolute atomic E-state index is 6.21. The van der Waals surface area contributed by atoms with Crippen molar-refractivity contribution < 1.29 is 9.31 Å².